The average Bonchev–Trinajstić information content (AvgIpc) is 2.67. The summed E-state index contributed by atoms with van der Waals surface area (Å²) >= 11 is 0. The standard InChI is InChI=1S/C10H9FN4/c1-8-6-13-14-15(8)10(7-12)4-2-9(11)3-5-10/h2-4,6H,5H2,1H3. The van der Waals surface area contributed by atoms with Crippen molar-refractivity contribution in [1.82, 2.24) is 15.0 Å². The SMILES string of the molecule is Cc1cnnn1C1(C#N)C=CC(F)=CC1. The number of nitriles is 1. The fourth-order valence-corrected chi connectivity index (χ4v) is 1.57. The third-order valence-electron chi connectivity index (χ3n) is 2.42. The molecule has 0 bridgehead atoms. The van der Waals surface area contributed by atoms with Crippen molar-refractivity contribution >= 4 is 0 Å². The van der Waals surface area contributed by atoms with Crippen LogP contribution in [0.5, 0.6) is 0 Å². The predicted molar refractivity (Wildman–Crippen MR) is 51.3 cm³/mol. The predicted octanol–water partition coefficient (Wildman–Crippen LogP) is 1.62. The summed E-state index contributed by atoms with van der Waals surface area (Å²) in [6.45, 7) is 1.81. The zero-order valence-corrected chi connectivity index (χ0v) is 8.18. The van der Waals surface area contributed by atoms with Gasteiger partial charge in [0, 0.05) is 6.42 Å². The molecule has 5 heteroatoms. The summed E-state index contributed by atoms with van der Waals surface area (Å²) in [5.41, 5.74) is -0.159. The average molecular weight is 204 g/mol. The first-order valence-electron chi connectivity index (χ1n) is 4.52. The third-order valence-corrected chi connectivity index (χ3v) is 2.42. The van der Waals surface area contributed by atoms with Crippen LogP contribution in [0.25, 0.3) is 0 Å². The molecular formula is C10H9FN4. The zero-order chi connectivity index (χ0) is 10.9. The lowest BCUT2D eigenvalue weighted by Crippen LogP contribution is -2.32. The molecule has 15 heavy (non-hydrogen) atoms. The van der Waals surface area contributed by atoms with Crippen LogP contribution in [0.4, 0.5) is 4.39 Å². The zero-order valence-electron chi connectivity index (χ0n) is 8.18. The Morgan fingerprint density at radius 1 is 1.67 bits per heavy atom. The molecule has 4 nitrogen and oxygen atoms in total. The maximum atomic E-state index is 12.8. The molecule has 1 aliphatic carbocycles. The lowest BCUT2D eigenvalue weighted by Gasteiger charge is -2.24. The van der Waals surface area contributed by atoms with Gasteiger partial charge in [-0.1, -0.05) is 5.21 Å². The maximum Gasteiger partial charge on any atom is 0.172 e. The van der Waals surface area contributed by atoms with Crippen LogP contribution in [0.2, 0.25) is 0 Å². The van der Waals surface area contributed by atoms with E-state index in [0.29, 0.717) is 0 Å². The molecule has 0 aromatic carbocycles. The van der Waals surface area contributed by atoms with E-state index in [1.54, 1.807) is 6.20 Å². The van der Waals surface area contributed by atoms with Crippen molar-refractivity contribution in [2.45, 2.75) is 18.9 Å². The van der Waals surface area contributed by atoms with E-state index < -0.39 is 5.54 Å². The number of allylic oxidation sites excluding steroid dienone is 4. The summed E-state index contributed by atoms with van der Waals surface area (Å²) in [5, 5.41) is 16.8. The number of aromatic nitrogens is 3. The number of hydrogen-bond donors (Lipinski definition) is 0. The molecule has 0 fully saturated rings. The Kier molecular flexibility index (Phi) is 2.12. The normalized spacial score (nSPS) is 24.7. The molecule has 1 aromatic rings. The van der Waals surface area contributed by atoms with Gasteiger partial charge in [0.25, 0.3) is 0 Å². The van der Waals surface area contributed by atoms with E-state index in [1.165, 1.54) is 22.9 Å². The second kappa shape index (κ2) is 3.31. The molecular weight excluding hydrogens is 195 g/mol. The van der Waals surface area contributed by atoms with Gasteiger partial charge in [0.05, 0.1) is 18.0 Å². The number of rotatable bonds is 1. The fraction of sp³-hybridized carbons (Fsp3) is 0.300. The smallest absolute Gasteiger partial charge is 0.172 e. The van der Waals surface area contributed by atoms with Crippen LogP contribution < -0.4 is 0 Å². The molecule has 0 saturated carbocycles. The summed E-state index contributed by atoms with van der Waals surface area (Å²) in [6.07, 6.45) is 6.03. The highest BCUT2D eigenvalue weighted by molar-refractivity contribution is 5.30. The van der Waals surface area contributed by atoms with Gasteiger partial charge in [-0.25, -0.2) is 9.07 Å². The first kappa shape index (κ1) is 9.59. The molecule has 1 unspecified atom stereocenters. The number of halogens is 1. The van der Waals surface area contributed by atoms with Crippen molar-refractivity contribution in [2.24, 2.45) is 0 Å². The first-order valence-corrected chi connectivity index (χ1v) is 4.52. The number of hydrogen-bond acceptors (Lipinski definition) is 3. The van der Waals surface area contributed by atoms with Crippen LogP contribution >= 0.6 is 0 Å². The Bertz CT molecular complexity index is 480. The molecule has 0 aliphatic heterocycles. The molecule has 1 heterocycles. The lowest BCUT2D eigenvalue weighted by atomic mass is 9.92. The fourth-order valence-electron chi connectivity index (χ4n) is 1.57. The van der Waals surface area contributed by atoms with E-state index in [0.717, 1.165) is 5.69 Å². The van der Waals surface area contributed by atoms with Gasteiger partial charge < -0.3 is 0 Å². The molecule has 76 valence electrons. The molecule has 0 N–H and O–H groups in total. The van der Waals surface area contributed by atoms with Crippen LogP contribution in [-0.2, 0) is 5.54 Å². The number of aryl methyl sites for hydroxylation is 1. The van der Waals surface area contributed by atoms with Crippen molar-refractivity contribution in [2.75, 3.05) is 0 Å². The number of nitrogens with zero attached hydrogens (tertiary/aromatic N) is 4. The van der Waals surface area contributed by atoms with Crippen molar-refractivity contribution < 1.29 is 4.39 Å². The summed E-state index contributed by atoms with van der Waals surface area (Å²) in [5.74, 6) is -0.321. The second-order valence-corrected chi connectivity index (χ2v) is 3.45. The molecule has 1 aliphatic rings. The van der Waals surface area contributed by atoms with Crippen molar-refractivity contribution in [1.29, 1.82) is 5.26 Å². The van der Waals surface area contributed by atoms with Crippen LogP contribution in [0.1, 0.15) is 12.1 Å². The molecule has 0 radical (unpaired) electrons. The Labute approximate surface area is 86.3 Å². The van der Waals surface area contributed by atoms with E-state index >= 15 is 0 Å². The first-order chi connectivity index (χ1) is 7.18. The van der Waals surface area contributed by atoms with Crippen LogP contribution in [0, 0.1) is 18.3 Å². The molecule has 2 rings (SSSR count). The van der Waals surface area contributed by atoms with Crippen molar-refractivity contribution in [3.05, 3.63) is 35.9 Å². The summed E-state index contributed by atoms with van der Waals surface area (Å²) < 4.78 is 14.3. The minimum absolute atomic E-state index is 0.274. The van der Waals surface area contributed by atoms with Crippen molar-refractivity contribution in [3.8, 4) is 6.07 Å². The second-order valence-electron chi connectivity index (χ2n) is 3.45. The molecule has 0 amide bonds. The van der Waals surface area contributed by atoms with E-state index in [9.17, 15) is 9.65 Å². The largest absolute Gasteiger partial charge is 0.225 e. The minimum atomic E-state index is -0.934. The Balaban J connectivity index is 2.47. The van der Waals surface area contributed by atoms with Gasteiger partial charge in [-0.2, -0.15) is 5.26 Å². The molecule has 0 saturated heterocycles. The maximum absolute atomic E-state index is 12.8. The van der Waals surface area contributed by atoms with Gasteiger partial charge in [-0.15, -0.1) is 5.10 Å². The van der Waals surface area contributed by atoms with Crippen LogP contribution in [0.15, 0.2) is 30.3 Å². The Morgan fingerprint density at radius 3 is 2.93 bits per heavy atom. The van der Waals surface area contributed by atoms with E-state index in [-0.39, 0.29) is 12.2 Å². The third kappa shape index (κ3) is 1.44. The highest BCUT2D eigenvalue weighted by Crippen LogP contribution is 2.28. The topological polar surface area (TPSA) is 54.5 Å². The van der Waals surface area contributed by atoms with Gasteiger partial charge in [0.1, 0.15) is 5.83 Å². The minimum Gasteiger partial charge on any atom is -0.225 e. The van der Waals surface area contributed by atoms with Gasteiger partial charge >= 0.3 is 0 Å². The summed E-state index contributed by atoms with van der Waals surface area (Å²) in [6, 6.07) is 2.14. The molecule has 1 atom stereocenters. The molecule has 1 aromatic heterocycles. The van der Waals surface area contributed by atoms with Gasteiger partial charge in [-0.3, -0.25) is 0 Å². The van der Waals surface area contributed by atoms with Crippen LogP contribution in [-0.4, -0.2) is 15.0 Å². The molecule has 0 spiro atoms. The summed E-state index contributed by atoms with van der Waals surface area (Å²) in [7, 11) is 0. The highest BCUT2D eigenvalue weighted by Gasteiger charge is 2.32. The highest BCUT2D eigenvalue weighted by atomic mass is 19.1. The summed E-state index contributed by atoms with van der Waals surface area (Å²) in [4.78, 5) is 0. The Morgan fingerprint density at radius 2 is 2.47 bits per heavy atom. The van der Waals surface area contributed by atoms with Crippen molar-refractivity contribution in [3.63, 3.8) is 0 Å². The van der Waals surface area contributed by atoms with E-state index in [1.807, 2.05) is 6.92 Å². The van der Waals surface area contributed by atoms with E-state index in [2.05, 4.69) is 16.4 Å². The Hall–Kier alpha value is -1.96. The van der Waals surface area contributed by atoms with Gasteiger partial charge in [-0.05, 0) is 25.2 Å². The van der Waals surface area contributed by atoms with Crippen LogP contribution in [0.3, 0.4) is 0 Å². The lowest BCUT2D eigenvalue weighted by molar-refractivity contribution is 0.404. The monoisotopic (exact) mass is 204 g/mol. The van der Waals surface area contributed by atoms with Gasteiger partial charge in [0.2, 0.25) is 0 Å². The van der Waals surface area contributed by atoms with Gasteiger partial charge in [0.15, 0.2) is 5.54 Å². The quantitative estimate of drug-likeness (QED) is 0.698. The van der Waals surface area contributed by atoms with E-state index in [4.69, 9.17) is 0 Å².